The lowest BCUT2D eigenvalue weighted by Crippen LogP contribution is -2.29. The van der Waals surface area contributed by atoms with E-state index in [1.54, 1.807) is 0 Å². The van der Waals surface area contributed by atoms with Crippen LogP contribution in [0.5, 0.6) is 5.88 Å². The molecule has 0 saturated carbocycles. The van der Waals surface area contributed by atoms with Gasteiger partial charge in [-0.05, 0) is 31.9 Å². The number of anilines is 1. The average Bonchev–Trinajstić information content (AvgIpc) is 3.39. The number of rotatable bonds is 8. The largest absolute Gasteiger partial charge is 0.476 e. The van der Waals surface area contributed by atoms with Crippen molar-refractivity contribution in [3.63, 3.8) is 0 Å². The summed E-state index contributed by atoms with van der Waals surface area (Å²) in [5.41, 5.74) is 1.51. The number of carbonyl (C=O) groups is 1. The van der Waals surface area contributed by atoms with Crippen molar-refractivity contribution in [3.8, 4) is 5.88 Å². The van der Waals surface area contributed by atoms with Crippen molar-refractivity contribution in [1.82, 2.24) is 20.3 Å². The second kappa shape index (κ2) is 9.13. The summed E-state index contributed by atoms with van der Waals surface area (Å²) in [6.45, 7) is 4.63. The Morgan fingerprint density at radius 1 is 1.24 bits per heavy atom. The number of aryl methyl sites for hydroxylation is 1. The summed E-state index contributed by atoms with van der Waals surface area (Å²) >= 11 is 1.27. The molecule has 2 aromatic heterocycles. The van der Waals surface area contributed by atoms with Crippen LogP contribution in [0.2, 0.25) is 0 Å². The van der Waals surface area contributed by atoms with Gasteiger partial charge in [0.2, 0.25) is 11.8 Å². The lowest BCUT2D eigenvalue weighted by molar-refractivity contribution is -0.118. The fourth-order valence-corrected chi connectivity index (χ4v) is 3.81. The Morgan fingerprint density at radius 2 is 2.07 bits per heavy atom. The molecule has 9 heteroatoms. The molecular weight excluding hydrogens is 390 g/mol. The first-order chi connectivity index (χ1) is 14.2. The van der Waals surface area contributed by atoms with Crippen molar-refractivity contribution >= 4 is 34.6 Å². The smallest absolute Gasteiger partial charge is 0.257 e. The van der Waals surface area contributed by atoms with Gasteiger partial charge in [0.15, 0.2) is 5.58 Å². The van der Waals surface area contributed by atoms with Gasteiger partial charge in [-0.25, -0.2) is 9.97 Å². The molecule has 1 aliphatic rings. The van der Waals surface area contributed by atoms with Gasteiger partial charge < -0.3 is 19.4 Å². The number of para-hydroxylation sites is 2. The molecular formula is C20H23N5O3S. The number of ether oxygens (including phenoxy) is 1. The topological polar surface area (TPSA) is 93.4 Å². The van der Waals surface area contributed by atoms with Gasteiger partial charge in [0.1, 0.15) is 23.8 Å². The van der Waals surface area contributed by atoms with Gasteiger partial charge in [0, 0.05) is 19.2 Å². The van der Waals surface area contributed by atoms with Gasteiger partial charge in [-0.2, -0.15) is 4.98 Å². The molecule has 1 N–H and O–H groups in total. The van der Waals surface area contributed by atoms with Crippen LogP contribution in [0.25, 0.3) is 11.1 Å². The molecule has 0 atom stereocenters. The van der Waals surface area contributed by atoms with Gasteiger partial charge in [-0.1, -0.05) is 23.9 Å². The number of aromatic nitrogens is 3. The van der Waals surface area contributed by atoms with E-state index in [1.807, 2.05) is 37.3 Å². The number of carbonyl (C=O) groups excluding carboxylic acids is 1. The first kappa shape index (κ1) is 19.5. The highest BCUT2D eigenvalue weighted by molar-refractivity contribution is 7.99. The minimum atomic E-state index is -0.0996. The quantitative estimate of drug-likeness (QED) is 0.445. The maximum Gasteiger partial charge on any atom is 0.257 e. The van der Waals surface area contributed by atoms with Crippen LogP contribution in [0, 0.1) is 6.92 Å². The van der Waals surface area contributed by atoms with Gasteiger partial charge in [-0.3, -0.25) is 4.79 Å². The van der Waals surface area contributed by atoms with E-state index in [0.717, 1.165) is 30.0 Å². The fourth-order valence-electron chi connectivity index (χ4n) is 3.14. The number of benzene rings is 1. The molecule has 3 aromatic rings. The Kier molecular flexibility index (Phi) is 6.14. The Hall–Kier alpha value is -2.81. The number of hydrogen-bond donors (Lipinski definition) is 1. The van der Waals surface area contributed by atoms with E-state index in [0.29, 0.717) is 30.1 Å². The molecule has 0 unspecified atom stereocenters. The summed E-state index contributed by atoms with van der Waals surface area (Å²) in [6, 6.07) is 9.39. The van der Waals surface area contributed by atoms with E-state index in [4.69, 9.17) is 9.15 Å². The average molecular weight is 414 g/mol. The summed E-state index contributed by atoms with van der Waals surface area (Å²) in [7, 11) is 0. The van der Waals surface area contributed by atoms with E-state index in [9.17, 15) is 4.79 Å². The van der Waals surface area contributed by atoms with E-state index in [2.05, 4.69) is 25.2 Å². The van der Waals surface area contributed by atoms with Crippen molar-refractivity contribution in [2.24, 2.45) is 0 Å². The summed E-state index contributed by atoms with van der Waals surface area (Å²) in [4.78, 5) is 27.4. The SMILES string of the molecule is Cc1nc(OCCNC(=O)CSc2nc3ccccc3o2)cc(N2CCCC2)n1. The zero-order valence-corrected chi connectivity index (χ0v) is 17.1. The van der Waals surface area contributed by atoms with Crippen LogP contribution in [-0.4, -0.2) is 52.9 Å². The molecule has 152 valence electrons. The third kappa shape index (κ3) is 5.17. The molecule has 1 aliphatic heterocycles. The number of oxazole rings is 1. The van der Waals surface area contributed by atoms with Crippen molar-refractivity contribution in [3.05, 3.63) is 36.2 Å². The molecule has 1 aromatic carbocycles. The first-order valence-electron chi connectivity index (χ1n) is 9.66. The normalized spacial score (nSPS) is 13.8. The summed E-state index contributed by atoms with van der Waals surface area (Å²) < 4.78 is 11.3. The maximum absolute atomic E-state index is 12.0. The predicted molar refractivity (Wildman–Crippen MR) is 111 cm³/mol. The number of nitrogens with zero attached hydrogens (tertiary/aromatic N) is 4. The minimum Gasteiger partial charge on any atom is -0.476 e. The number of nitrogens with one attached hydrogen (secondary N) is 1. The number of hydrogen-bond acceptors (Lipinski definition) is 8. The Bertz CT molecular complexity index is 954. The van der Waals surface area contributed by atoms with Crippen LogP contribution >= 0.6 is 11.8 Å². The zero-order valence-electron chi connectivity index (χ0n) is 16.3. The van der Waals surface area contributed by atoms with Crippen molar-refractivity contribution in [2.75, 3.05) is 36.9 Å². The molecule has 0 bridgehead atoms. The van der Waals surface area contributed by atoms with E-state index in [-0.39, 0.29) is 11.7 Å². The van der Waals surface area contributed by atoms with Crippen LogP contribution in [0.15, 0.2) is 40.0 Å². The van der Waals surface area contributed by atoms with Crippen LogP contribution in [0.4, 0.5) is 5.82 Å². The third-order valence-electron chi connectivity index (χ3n) is 4.51. The van der Waals surface area contributed by atoms with E-state index >= 15 is 0 Å². The Balaban J connectivity index is 1.20. The highest BCUT2D eigenvalue weighted by Crippen LogP contribution is 2.23. The summed E-state index contributed by atoms with van der Waals surface area (Å²) in [5, 5.41) is 3.32. The van der Waals surface area contributed by atoms with E-state index in [1.165, 1.54) is 24.6 Å². The lowest BCUT2D eigenvalue weighted by atomic mass is 10.3. The number of thioether (sulfide) groups is 1. The molecule has 4 rings (SSSR count). The van der Waals surface area contributed by atoms with Gasteiger partial charge in [0.05, 0.1) is 12.3 Å². The molecule has 0 radical (unpaired) electrons. The Labute approximate surface area is 173 Å². The first-order valence-corrected chi connectivity index (χ1v) is 10.6. The molecule has 1 saturated heterocycles. The van der Waals surface area contributed by atoms with Crippen LogP contribution < -0.4 is 15.0 Å². The molecule has 1 fully saturated rings. The highest BCUT2D eigenvalue weighted by atomic mass is 32.2. The number of fused-ring (bicyclic) bond motifs is 1. The molecule has 8 nitrogen and oxygen atoms in total. The molecule has 0 spiro atoms. The molecule has 1 amide bonds. The summed E-state index contributed by atoms with van der Waals surface area (Å²) in [6.07, 6.45) is 2.37. The van der Waals surface area contributed by atoms with Crippen molar-refractivity contribution < 1.29 is 13.9 Å². The monoisotopic (exact) mass is 413 g/mol. The second-order valence-electron chi connectivity index (χ2n) is 6.74. The summed E-state index contributed by atoms with van der Waals surface area (Å²) in [5.74, 6) is 2.26. The van der Waals surface area contributed by atoms with Crippen LogP contribution in [0.3, 0.4) is 0 Å². The Morgan fingerprint density at radius 3 is 2.90 bits per heavy atom. The lowest BCUT2D eigenvalue weighted by Gasteiger charge is -2.17. The molecule has 29 heavy (non-hydrogen) atoms. The van der Waals surface area contributed by atoms with Gasteiger partial charge >= 0.3 is 0 Å². The van der Waals surface area contributed by atoms with Crippen LogP contribution in [-0.2, 0) is 4.79 Å². The van der Waals surface area contributed by atoms with Crippen LogP contribution in [0.1, 0.15) is 18.7 Å². The van der Waals surface area contributed by atoms with Crippen molar-refractivity contribution in [1.29, 1.82) is 0 Å². The third-order valence-corrected chi connectivity index (χ3v) is 5.33. The number of amides is 1. The highest BCUT2D eigenvalue weighted by Gasteiger charge is 2.15. The van der Waals surface area contributed by atoms with Crippen molar-refractivity contribution in [2.45, 2.75) is 25.0 Å². The van der Waals surface area contributed by atoms with E-state index < -0.39 is 0 Å². The molecule has 3 heterocycles. The minimum absolute atomic E-state index is 0.0996. The zero-order chi connectivity index (χ0) is 20.1. The molecule has 0 aliphatic carbocycles. The standard InChI is InChI=1S/C20H23N5O3S/c1-14-22-17(25-9-4-5-10-25)12-19(23-14)27-11-8-21-18(26)13-29-20-24-15-6-2-3-7-16(15)28-20/h2-3,6-7,12H,4-5,8-11,13H2,1H3,(H,21,26). The fraction of sp³-hybridized carbons (Fsp3) is 0.400. The van der Waals surface area contributed by atoms with Gasteiger partial charge in [-0.15, -0.1) is 0 Å². The predicted octanol–water partition coefficient (Wildman–Crippen LogP) is 2.81. The second-order valence-corrected chi connectivity index (χ2v) is 7.67. The maximum atomic E-state index is 12.0. The van der Waals surface area contributed by atoms with Gasteiger partial charge in [0.25, 0.3) is 5.22 Å².